The number of nitrogens with zero attached hydrogens (tertiary/aromatic N) is 4. The molecule has 4 aromatic rings. The second kappa shape index (κ2) is 8.09. The average Bonchev–Trinajstić information content (AvgIpc) is 3.19. The molecular weight excluding hydrogens is 350 g/mol. The lowest BCUT2D eigenvalue weighted by molar-refractivity contribution is -0.111. The van der Waals surface area contributed by atoms with Crippen molar-refractivity contribution in [1.29, 1.82) is 0 Å². The minimum Gasteiger partial charge on any atom is -0.321 e. The van der Waals surface area contributed by atoms with Gasteiger partial charge in [-0.05, 0) is 42.5 Å². The van der Waals surface area contributed by atoms with Crippen LogP contribution in [0.2, 0.25) is 0 Å². The van der Waals surface area contributed by atoms with E-state index < -0.39 is 0 Å². The van der Waals surface area contributed by atoms with Gasteiger partial charge in [-0.15, -0.1) is 0 Å². The van der Waals surface area contributed by atoms with E-state index in [0.29, 0.717) is 5.69 Å². The molecule has 0 saturated carbocycles. The lowest BCUT2D eigenvalue weighted by Crippen LogP contribution is -2.07. The SMILES string of the molecule is O=C(/C=C/c1cn(-c2ccccc2)nc1-c1cccnc1)Nc1cccnc1. The van der Waals surface area contributed by atoms with Crippen molar-refractivity contribution in [2.45, 2.75) is 0 Å². The van der Waals surface area contributed by atoms with Crippen LogP contribution in [0.4, 0.5) is 5.69 Å². The molecule has 0 atom stereocenters. The van der Waals surface area contributed by atoms with Gasteiger partial charge in [-0.25, -0.2) is 4.68 Å². The Bertz CT molecular complexity index is 1090. The normalized spacial score (nSPS) is 10.9. The van der Waals surface area contributed by atoms with E-state index in [-0.39, 0.29) is 5.91 Å². The summed E-state index contributed by atoms with van der Waals surface area (Å²) < 4.78 is 1.79. The van der Waals surface area contributed by atoms with Crippen molar-refractivity contribution in [3.05, 3.63) is 97.2 Å². The van der Waals surface area contributed by atoms with Crippen LogP contribution >= 0.6 is 0 Å². The van der Waals surface area contributed by atoms with Gasteiger partial charge in [-0.3, -0.25) is 14.8 Å². The van der Waals surface area contributed by atoms with E-state index in [1.165, 1.54) is 6.08 Å². The largest absolute Gasteiger partial charge is 0.321 e. The van der Waals surface area contributed by atoms with Crippen molar-refractivity contribution in [1.82, 2.24) is 19.7 Å². The molecule has 0 unspecified atom stereocenters. The molecule has 1 aromatic carbocycles. The minimum absolute atomic E-state index is 0.238. The second-order valence-corrected chi connectivity index (χ2v) is 6.02. The van der Waals surface area contributed by atoms with Gasteiger partial charge in [0.25, 0.3) is 0 Å². The number of hydrogen-bond donors (Lipinski definition) is 1. The lowest BCUT2D eigenvalue weighted by atomic mass is 10.1. The summed E-state index contributed by atoms with van der Waals surface area (Å²) in [6.07, 6.45) is 11.9. The molecule has 136 valence electrons. The maximum atomic E-state index is 12.2. The number of nitrogens with one attached hydrogen (secondary N) is 1. The molecule has 1 N–H and O–H groups in total. The lowest BCUT2D eigenvalue weighted by Gasteiger charge is -2.00. The van der Waals surface area contributed by atoms with Gasteiger partial charge in [0, 0.05) is 42.0 Å². The number of amides is 1. The first-order valence-corrected chi connectivity index (χ1v) is 8.74. The molecule has 0 saturated heterocycles. The molecule has 3 aromatic heterocycles. The minimum atomic E-state index is -0.238. The Morgan fingerprint density at radius 2 is 1.71 bits per heavy atom. The molecule has 0 aliphatic carbocycles. The molecule has 0 spiro atoms. The zero-order valence-corrected chi connectivity index (χ0v) is 14.9. The van der Waals surface area contributed by atoms with Crippen LogP contribution in [0.5, 0.6) is 0 Å². The van der Waals surface area contributed by atoms with Gasteiger partial charge in [-0.1, -0.05) is 18.2 Å². The molecular formula is C22H17N5O. The van der Waals surface area contributed by atoms with Gasteiger partial charge >= 0.3 is 0 Å². The van der Waals surface area contributed by atoms with Crippen molar-refractivity contribution in [2.24, 2.45) is 0 Å². The highest BCUT2D eigenvalue weighted by molar-refractivity contribution is 6.02. The van der Waals surface area contributed by atoms with Crippen LogP contribution in [0.3, 0.4) is 0 Å². The molecule has 6 heteroatoms. The Kier molecular flexibility index (Phi) is 5.02. The van der Waals surface area contributed by atoms with Crippen LogP contribution in [0.1, 0.15) is 5.56 Å². The molecule has 0 bridgehead atoms. The van der Waals surface area contributed by atoms with Crippen LogP contribution in [-0.2, 0) is 4.79 Å². The number of anilines is 1. The van der Waals surface area contributed by atoms with Crippen LogP contribution in [0.15, 0.2) is 91.7 Å². The van der Waals surface area contributed by atoms with Crippen LogP contribution in [0.25, 0.3) is 23.0 Å². The Balaban J connectivity index is 1.65. The number of aromatic nitrogens is 4. The predicted octanol–water partition coefficient (Wildman–Crippen LogP) is 3.98. The average molecular weight is 367 g/mol. The molecule has 0 aliphatic heterocycles. The quantitative estimate of drug-likeness (QED) is 0.542. The number of rotatable bonds is 5. The van der Waals surface area contributed by atoms with Gasteiger partial charge in [-0.2, -0.15) is 5.10 Å². The number of hydrogen-bond acceptors (Lipinski definition) is 4. The topological polar surface area (TPSA) is 72.7 Å². The molecule has 4 rings (SSSR count). The summed E-state index contributed by atoms with van der Waals surface area (Å²) in [5.74, 6) is -0.238. The smallest absolute Gasteiger partial charge is 0.248 e. The fraction of sp³-hybridized carbons (Fsp3) is 0. The van der Waals surface area contributed by atoms with Crippen molar-refractivity contribution >= 4 is 17.7 Å². The second-order valence-electron chi connectivity index (χ2n) is 6.02. The fourth-order valence-corrected chi connectivity index (χ4v) is 2.74. The molecule has 0 fully saturated rings. The Labute approximate surface area is 162 Å². The van der Waals surface area contributed by atoms with Crippen molar-refractivity contribution in [3.8, 4) is 16.9 Å². The van der Waals surface area contributed by atoms with Gasteiger partial charge in [0.15, 0.2) is 0 Å². The number of carbonyl (C=O) groups is 1. The number of benzene rings is 1. The molecule has 0 radical (unpaired) electrons. The van der Waals surface area contributed by atoms with Crippen LogP contribution < -0.4 is 5.32 Å². The molecule has 3 heterocycles. The van der Waals surface area contributed by atoms with Crippen molar-refractivity contribution < 1.29 is 4.79 Å². The Morgan fingerprint density at radius 3 is 2.43 bits per heavy atom. The summed E-state index contributed by atoms with van der Waals surface area (Å²) in [5, 5.41) is 7.48. The summed E-state index contributed by atoms with van der Waals surface area (Å²) in [4.78, 5) is 20.4. The third kappa shape index (κ3) is 4.02. The third-order valence-electron chi connectivity index (χ3n) is 4.04. The van der Waals surface area contributed by atoms with E-state index >= 15 is 0 Å². The monoisotopic (exact) mass is 367 g/mol. The Morgan fingerprint density at radius 1 is 0.929 bits per heavy atom. The first-order valence-electron chi connectivity index (χ1n) is 8.74. The van der Waals surface area contributed by atoms with Gasteiger partial charge in [0.05, 0.1) is 17.6 Å². The highest BCUT2D eigenvalue weighted by atomic mass is 16.1. The van der Waals surface area contributed by atoms with E-state index in [9.17, 15) is 4.79 Å². The first kappa shape index (κ1) is 17.4. The number of para-hydroxylation sites is 1. The number of pyridine rings is 2. The standard InChI is InChI=1S/C22H17N5O/c28-21(25-19-7-5-13-24-15-19)11-10-18-16-27(20-8-2-1-3-9-20)26-22(18)17-6-4-12-23-14-17/h1-16H,(H,25,28)/b11-10+. The van der Waals surface area contributed by atoms with Gasteiger partial charge in [0.2, 0.25) is 5.91 Å². The summed E-state index contributed by atoms with van der Waals surface area (Å²) in [7, 11) is 0. The molecule has 1 amide bonds. The third-order valence-corrected chi connectivity index (χ3v) is 4.04. The van der Waals surface area contributed by atoms with Gasteiger partial charge < -0.3 is 5.32 Å². The highest BCUT2D eigenvalue weighted by Gasteiger charge is 2.11. The fourth-order valence-electron chi connectivity index (χ4n) is 2.74. The van der Waals surface area contributed by atoms with E-state index in [0.717, 1.165) is 22.5 Å². The highest BCUT2D eigenvalue weighted by Crippen LogP contribution is 2.24. The maximum absolute atomic E-state index is 12.2. The molecule has 6 nitrogen and oxygen atoms in total. The predicted molar refractivity (Wildman–Crippen MR) is 109 cm³/mol. The first-order chi connectivity index (χ1) is 13.8. The summed E-state index contributed by atoms with van der Waals surface area (Å²) in [6.45, 7) is 0. The number of carbonyl (C=O) groups excluding carboxylic acids is 1. The Hall–Kier alpha value is -4.06. The van der Waals surface area contributed by atoms with E-state index in [2.05, 4.69) is 15.3 Å². The molecule has 0 aliphatic rings. The van der Waals surface area contributed by atoms with E-state index in [4.69, 9.17) is 5.10 Å². The summed E-state index contributed by atoms with van der Waals surface area (Å²) in [6, 6.07) is 17.2. The van der Waals surface area contributed by atoms with Crippen LogP contribution in [-0.4, -0.2) is 25.7 Å². The van der Waals surface area contributed by atoms with Crippen molar-refractivity contribution in [2.75, 3.05) is 5.32 Å². The summed E-state index contributed by atoms with van der Waals surface area (Å²) >= 11 is 0. The van der Waals surface area contributed by atoms with Crippen LogP contribution in [0, 0.1) is 0 Å². The van der Waals surface area contributed by atoms with Crippen molar-refractivity contribution in [3.63, 3.8) is 0 Å². The molecule has 28 heavy (non-hydrogen) atoms. The zero-order valence-electron chi connectivity index (χ0n) is 14.9. The summed E-state index contributed by atoms with van der Waals surface area (Å²) in [5.41, 5.74) is 4.03. The van der Waals surface area contributed by atoms with E-state index in [1.807, 2.05) is 48.7 Å². The van der Waals surface area contributed by atoms with E-state index in [1.54, 1.807) is 47.7 Å². The zero-order chi connectivity index (χ0) is 19.2. The van der Waals surface area contributed by atoms with Gasteiger partial charge in [0.1, 0.15) is 5.69 Å². The maximum Gasteiger partial charge on any atom is 0.248 e.